The Kier molecular flexibility index (Phi) is 4.58. The predicted octanol–water partition coefficient (Wildman–Crippen LogP) is 2.86. The number of benzene rings is 1. The third-order valence-corrected chi connectivity index (χ3v) is 4.98. The number of anilines is 5. The van der Waals surface area contributed by atoms with Crippen LogP contribution < -0.4 is 21.3 Å². The van der Waals surface area contributed by atoms with E-state index in [0.29, 0.717) is 47.0 Å². The minimum absolute atomic E-state index is 0.215. The number of hydrogen-bond donors (Lipinski definition) is 4. The monoisotopic (exact) mass is 416 g/mol. The summed E-state index contributed by atoms with van der Waals surface area (Å²) in [4.78, 5) is 32.9. The second kappa shape index (κ2) is 7.56. The summed E-state index contributed by atoms with van der Waals surface area (Å²) in [6.45, 7) is 3.78. The summed E-state index contributed by atoms with van der Waals surface area (Å²) in [7, 11) is 0. The van der Waals surface area contributed by atoms with E-state index in [9.17, 15) is 9.59 Å². The van der Waals surface area contributed by atoms with Crippen molar-refractivity contribution in [1.29, 1.82) is 0 Å². The van der Waals surface area contributed by atoms with E-state index in [2.05, 4.69) is 42.9 Å². The van der Waals surface area contributed by atoms with Crippen molar-refractivity contribution in [3.63, 3.8) is 0 Å². The number of fused-ring (bicyclic) bond motifs is 1. The molecular weight excluding hydrogens is 396 g/mol. The smallest absolute Gasteiger partial charge is 0.257 e. The van der Waals surface area contributed by atoms with Crippen molar-refractivity contribution >= 4 is 40.6 Å². The summed E-state index contributed by atoms with van der Waals surface area (Å²) in [5.41, 5.74) is 3.09. The number of amides is 2. The molecule has 1 aliphatic heterocycles. The summed E-state index contributed by atoms with van der Waals surface area (Å²) >= 11 is 0. The zero-order chi connectivity index (χ0) is 21.4. The van der Waals surface area contributed by atoms with Gasteiger partial charge in [-0.3, -0.25) is 14.3 Å². The molecule has 2 amide bonds. The van der Waals surface area contributed by atoms with Crippen LogP contribution in [0.4, 0.5) is 28.8 Å². The van der Waals surface area contributed by atoms with Crippen molar-refractivity contribution in [2.24, 2.45) is 0 Å². The van der Waals surface area contributed by atoms with Crippen LogP contribution >= 0.6 is 0 Å². The molecule has 10 heteroatoms. The second-order valence-electron chi connectivity index (χ2n) is 7.36. The Hall–Kier alpha value is -4.21. The van der Waals surface area contributed by atoms with Gasteiger partial charge in [0.1, 0.15) is 11.4 Å². The first-order chi connectivity index (χ1) is 15.1. The first kappa shape index (κ1) is 18.8. The molecular formula is C21H20N8O2. The van der Waals surface area contributed by atoms with Crippen LogP contribution in [0, 0.1) is 0 Å². The maximum atomic E-state index is 12.3. The molecule has 0 saturated heterocycles. The van der Waals surface area contributed by atoms with Crippen molar-refractivity contribution in [3.8, 4) is 0 Å². The molecule has 1 fully saturated rings. The van der Waals surface area contributed by atoms with Crippen LogP contribution in [-0.2, 0) is 11.3 Å². The van der Waals surface area contributed by atoms with Crippen LogP contribution in [0.2, 0.25) is 0 Å². The SMILES string of the molecule is C=CC(=O)Nc1cccc(Nc2nc3c(c(Nc4cnn(C5CC5)c4)n2)C(=O)NC3)c1. The Bertz CT molecular complexity index is 1200. The van der Waals surface area contributed by atoms with Crippen molar-refractivity contribution in [2.45, 2.75) is 25.4 Å². The van der Waals surface area contributed by atoms with Gasteiger partial charge < -0.3 is 21.3 Å². The molecule has 0 radical (unpaired) electrons. The number of nitrogens with zero attached hydrogens (tertiary/aromatic N) is 4. The number of carbonyl (C=O) groups is 2. The van der Waals surface area contributed by atoms with Gasteiger partial charge in [-0.2, -0.15) is 10.1 Å². The Balaban J connectivity index is 1.42. The molecule has 3 aromatic rings. The highest BCUT2D eigenvalue weighted by Gasteiger charge is 2.28. The van der Waals surface area contributed by atoms with Gasteiger partial charge in [0, 0.05) is 17.6 Å². The molecule has 31 heavy (non-hydrogen) atoms. The molecule has 10 nitrogen and oxygen atoms in total. The highest BCUT2D eigenvalue weighted by Crippen LogP contribution is 2.35. The van der Waals surface area contributed by atoms with Gasteiger partial charge in [0.25, 0.3) is 5.91 Å². The van der Waals surface area contributed by atoms with Crippen molar-refractivity contribution in [3.05, 3.63) is 60.6 Å². The first-order valence-electron chi connectivity index (χ1n) is 9.90. The molecule has 0 unspecified atom stereocenters. The maximum Gasteiger partial charge on any atom is 0.257 e. The maximum absolute atomic E-state index is 12.3. The molecule has 0 bridgehead atoms. The van der Waals surface area contributed by atoms with Crippen molar-refractivity contribution in [2.75, 3.05) is 16.0 Å². The molecule has 0 atom stereocenters. The first-order valence-corrected chi connectivity index (χ1v) is 9.90. The van der Waals surface area contributed by atoms with Gasteiger partial charge in [-0.25, -0.2) is 4.98 Å². The lowest BCUT2D eigenvalue weighted by Gasteiger charge is -2.12. The fourth-order valence-electron chi connectivity index (χ4n) is 3.35. The minimum Gasteiger partial charge on any atom is -0.346 e. The van der Waals surface area contributed by atoms with Gasteiger partial charge in [0.15, 0.2) is 0 Å². The fourth-order valence-corrected chi connectivity index (χ4v) is 3.35. The fraction of sp³-hybridized carbons (Fsp3) is 0.190. The lowest BCUT2D eigenvalue weighted by molar-refractivity contribution is -0.111. The van der Waals surface area contributed by atoms with E-state index in [-0.39, 0.29) is 11.8 Å². The molecule has 3 heterocycles. The molecule has 2 aromatic heterocycles. The summed E-state index contributed by atoms with van der Waals surface area (Å²) < 4.78 is 1.92. The van der Waals surface area contributed by atoms with E-state index in [1.807, 2.05) is 16.9 Å². The number of aromatic nitrogens is 4. The lowest BCUT2D eigenvalue weighted by atomic mass is 10.2. The normalized spacial score (nSPS) is 14.5. The van der Waals surface area contributed by atoms with Gasteiger partial charge in [-0.05, 0) is 37.1 Å². The quantitative estimate of drug-likeness (QED) is 0.436. The average Bonchev–Trinajstić information content (AvgIpc) is 3.39. The highest BCUT2D eigenvalue weighted by molar-refractivity contribution is 6.03. The number of nitrogens with one attached hydrogen (secondary N) is 4. The molecule has 2 aliphatic rings. The van der Waals surface area contributed by atoms with E-state index in [0.717, 1.165) is 18.5 Å². The van der Waals surface area contributed by atoms with Crippen LogP contribution in [0.15, 0.2) is 49.3 Å². The molecule has 4 N–H and O–H groups in total. The average molecular weight is 416 g/mol. The molecule has 1 aliphatic carbocycles. The van der Waals surface area contributed by atoms with Gasteiger partial charge in [0.05, 0.1) is 30.2 Å². The van der Waals surface area contributed by atoms with E-state index in [1.54, 1.807) is 24.4 Å². The molecule has 0 spiro atoms. The molecule has 156 valence electrons. The Morgan fingerprint density at radius 2 is 2.03 bits per heavy atom. The van der Waals surface area contributed by atoms with Crippen molar-refractivity contribution in [1.82, 2.24) is 25.1 Å². The van der Waals surface area contributed by atoms with Crippen LogP contribution in [0.3, 0.4) is 0 Å². The Morgan fingerprint density at radius 1 is 1.19 bits per heavy atom. The van der Waals surface area contributed by atoms with Crippen LogP contribution in [-0.4, -0.2) is 31.6 Å². The summed E-state index contributed by atoms with van der Waals surface area (Å²) in [5, 5.41) is 16.2. The molecule has 1 aromatic carbocycles. The lowest BCUT2D eigenvalue weighted by Crippen LogP contribution is -2.14. The van der Waals surface area contributed by atoms with Crippen molar-refractivity contribution < 1.29 is 9.59 Å². The van der Waals surface area contributed by atoms with E-state index in [1.165, 1.54) is 6.08 Å². The van der Waals surface area contributed by atoms with Crippen LogP contribution in [0.5, 0.6) is 0 Å². The number of carbonyl (C=O) groups excluding carboxylic acids is 2. The zero-order valence-corrected chi connectivity index (χ0v) is 16.6. The van der Waals surface area contributed by atoms with E-state index < -0.39 is 0 Å². The third-order valence-electron chi connectivity index (χ3n) is 4.98. The van der Waals surface area contributed by atoms with Gasteiger partial charge in [-0.1, -0.05) is 12.6 Å². The standard InChI is InChI=1S/C21H20N8O2/c1-2-17(30)24-12-4-3-5-13(8-12)26-21-27-16-10-22-20(31)18(16)19(28-21)25-14-9-23-29(11-14)15-6-7-15/h2-5,8-9,11,15H,1,6-7,10H2,(H,22,31)(H,24,30)(H2,25,26,27,28). The van der Waals surface area contributed by atoms with Crippen LogP contribution in [0.1, 0.15) is 34.9 Å². The zero-order valence-electron chi connectivity index (χ0n) is 16.6. The van der Waals surface area contributed by atoms with E-state index >= 15 is 0 Å². The van der Waals surface area contributed by atoms with Gasteiger partial charge in [-0.15, -0.1) is 0 Å². The molecule has 5 rings (SSSR count). The minimum atomic E-state index is -0.297. The van der Waals surface area contributed by atoms with Gasteiger partial charge in [0.2, 0.25) is 11.9 Å². The summed E-state index contributed by atoms with van der Waals surface area (Å²) in [5.74, 6) is 0.231. The largest absolute Gasteiger partial charge is 0.346 e. The Labute approximate surface area is 177 Å². The van der Waals surface area contributed by atoms with E-state index in [4.69, 9.17) is 0 Å². The van der Waals surface area contributed by atoms with Crippen LogP contribution in [0.25, 0.3) is 0 Å². The number of hydrogen-bond acceptors (Lipinski definition) is 7. The summed E-state index contributed by atoms with van der Waals surface area (Å²) in [6.07, 6.45) is 7.10. The topological polar surface area (TPSA) is 126 Å². The third kappa shape index (κ3) is 3.95. The highest BCUT2D eigenvalue weighted by atomic mass is 16.2. The Morgan fingerprint density at radius 3 is 2.84 bits per heavy atom. The van der Waals surface area contributed by atoms with Gasteiger partial charge >= 0.3 is 0 Å². The summed E-state index contributed by atoms with van der Waals surface area (Å²) in [6, 6.07) is 7.61. The molecule has 1 saturated carbocycles. The second-order valence-corrected chi connectivity index (χ2v) is 7.36. The number of rotatable bonds is 7. The predicted molar refractivity (Wildman–Crippen MR) is 116 cm³/mol.